The number of carbonyl (C=O) groups is 1. The number of rotatable bonds is 5. The van der Waals surface area contributed by atoms with Crippen LogP contribution < -0.4 is 16.0 Å². The molecule has 0 aliphatic heterocycles. The van der Waals surface area contributed by atoms with Crippen molar-refractivity contribution < 1.29 is 9.90 Å². The fourth-order valence-corrected chi connectivity index (χ4v) is 3.08. The molecule has 0 aromatic carbocycles. The lowest BCUT2D eigenvalue weighted by Crippen LogP contribution is -2.46. The molecule has 0 spiro atoms. The van der Waals surface area contributed by atoms with E-state index >= 15 is 0 Å². The van der Waals surface area contributed by atoms with Crippen molar-refractivity contribution in [2.75, 3.05) is 23.7 Å². The zero-order valence-electron chi connectivity index (χ0n) is 11.2. The summed E-state index contributed by atoms with van der Waals surface area (Å²) >= 11 is 1.32. The number of amides is 1. The molecule has 7 heteroatoms. The van der Waals surface area contributed by atoms with Crippen LogP contribution >= 0.6 is 11.3 Å². The summed E-state index contributed by atoms with van der Waals surface area (Å²) in [7, 11) is 0. The summed E-state index contributed by atoms with van der Waals surface area (Å²) in [5.41, 5.74) is 5.81. The Balaban J connectivity index is 2.05. The topological polar surface area (TPSA) is 91.5 Å². The molecule has 0 bridgehead atoms. The first-order chi connectivity index (χ1) is 9.05. The van der Waals surface area contributed by atoms with Gasteiger partial charge in [-0.3, -0.25) is 4.79 Å². The van der Waals surface area contributed by atoms with Gasteiger partial charge in [0, 0.05) is 19.1 Å². The lowest BCUT2D eigenvalue weighted by atomic mass is 9.89. The molecule has 0 atom stereocenters. The maximum atomic E-state index is 12.1. The van der Waals surface area contributed by atoms with Crippen LogP contribution in [0.1, 0.15) is 36.4 Å². The maximum Gasteiger partial charge on any atom is 0.265 e. The van der Waals surface area contributed by atoms with Gasteiger partial charge in [0.1, 0.15) is 10.7 Å². The normalized spacial score (nSPS) is 21.8. The molecule has 1 fully saturated rings. The first-order valence-electron chi connectivity index (χ1n) is 6.55. The second-order valence-corrected chi connectivity index (χ2v) is 5.66. The third-order valence-electron chi connectivity index (χ3n) is 3.33. The maximum absolute atomic E-state index is 12.1. The molecule has 2 rings (SSSR count). The van der Waals surface area contributed by atoms with Gasteiger partial charge in [0.2, 0.25) is 0 Å². The van der Waals surface area contributed by atoms with E-state index in [4.69, 9.17) is 5.73 Å². The monoisotopic (exact) mass is 284 g/mol. The summed E-state index contributed by atoms with van der Waals surface area (Å²) in [6, 6.07) is 0.0564. The summed E-state index contributed by atoms with van der Waals surface area (Å²) in [5.74, 6) is 0.0922. The Morgan fingerprint density at radius 1 is 1.53 bits per heavy atom. The molecule has 106 valence electrons. The Morgan fingerprint density at radius 2 is 2.16 bits per heavy atom. The predicted molar refractivity (Wildman–Crippen MR) is 76.6 cm³/mol. The number of thiazole rings is 1. The van der Waals surface area contributed by atoms with Crippen LogP contribution in [0.3, 0.4) is 0 Å². The van der Waals surface area contributed by atoms with E-state index in [9.17, 15) is 9.90 Å². The number of nitrogens with one attached hydrogen (secondary N) is 1. The van der Waals surface area contributed by atoms with Crippen LogP contribution in [0.25, 0.3) is 0 Å². The summed E-state index contributed by atoms with van der Waals surface area (Å²) in [5, 5.41) is 12.8. The largest absolute Gasteiger partial charge is 0.393 e. The minimum atomic E-state index is -0.282. The Hall–Kier alpha value is -1.34. The van der Waals surface area contributed by atoms with Crippen molar-refractivity contribution in [3.8, 4) is 0 Å². The summed E-state index contributed by atoms with van der Waals surface area (Å²) < 4.78 is 0. The quantitative estimate of drug-likeness (QED) is 0.745. The van der Waals surface area contributed by atoms with E-state index in [0.717, 1.165) is 18.2 Å². The number of aliphatic hydroxyl groups excluding tert-OH is 1. The van der Waals surface area contributed by atoms with E-state index in [1.165, 1.54) is 11.3 Å². The average molecular weight is 284 g/mol. The standard InChI is InChI=1S/C12H20N4O2S/c1-3-16(4-2)12-15-10(13)9(19-12)11(18)14-7-5-8(17)6-7/h7-8,17H,3-6,13H2,1-2H3,(H,14,18). The molecule has 1 aliphatic carbocycles. The van der Waals surface area contributed by atoms with E-state index in [2.05, 4.69) is 15.2 Å². The molecule has 0 saturated heterocycles. The third kappa shape index (κ3) is 2.98. The van der Waals surface area contributed by atoms with Crippen LogP contribution in [0.2, 0.25) is 0 Å². The lowest BCUT2D eigenvalue weighted by Gasteiger charge is -2.31. The molecule has 0 unspecified atom stereocenters. The summed E-state index contributed by atoms with van der Waals surface area (Å²) in [6.07, 6.45) is 0.955. The van der Waals surface area contributed by atoms with Crippen LogP contribution in [0.5, 0.6) is 0 Å². The third-order valence-corrected chi connectivity index (χ3v) is 4.46. The van der Waals surface area contributed by atoms with E-state index in [-0.39, 0.29) is 23.9 Å². The van der Waals surface area contributed by atoms with Gasteiger partial charge in [-0.1, -0.05) is 11.3 Å². The van der Waals surface area contributed by atoms with E-state index in [1.807, 2.05) is 13.8 Å². The number of carbonyl (C=O) groups excluding carboxylic acids is 1. The van der Waals surface area contributed by atoms with Gasteiger partial charge in [-0.2, -0.15) is 0 Å². The molecule has 1 saturated carbocycles. The number of anilines is 2. The van der Waals surface area contributed by atoms with Gasteiger partial charge in [0.25, 0.3) is 5.91 Å². The highest BCUT2D eigenvalue weighted by Gasteiger charge is 2.30. The van der Waals surface area contributed by atoms with Crippen molar-refractivity contribution in [2.45, 2.75) is 38.8 Å². The number of nitrogens with zero attached hydrogens (tertiary/aromatic N) is 2. The van der Waals surface area contributed by atoms with Gasteiger partial charge in [-0.15, -0.1) is 0 Å². The van der Waals surface area contributed by atoms with Crippen molar-refractivity contribution in [1.82, 2.24) is 10.3 Å². The minimum Gasteiger partial charge on any atom is -0.393 e. The van der Waals surface area contributed by atoms with Crippen LogP contribution in [0.4, 0.5) is 10.9 Å². The number of aliphatic hydroxyl groups is 1. The van der Waals surface area contributed by atoms with E-state index in [0.29, 0.717) is 17.7 Å². The van der Waals surface area contributed by atoms with Crippen molar-refractivity contribution in [3.05, 3.63) is 4.88 Å². The second kappa shape index (κ2) is 5.75. The Morgan fingerprint density at radius 3 is 2.68 bits per heavy atom. The van der Waals surface area contributed by atoms with Crippen LogP contribution in [-0.2, 0) is 0 Å². The Bertz CT molecular complexity index is 453. The van der Waals surface area contributed by atoms with Gasteiger partial charge >= 0.3 is 0 Å². The number of hydrogen-bond donors (Lipinski definition) is 3. The molecule has 1 aliphatic rings. The van der Waals surface area contributed by atoms with Crippen LogP contribution in [0, 0.1) is 0 Å². The number of aromatic nitrogens is 1. The summed E-state index contributed by atoms with van der Waals surface area (Å²) in [4.78, 5) is 18.8. The van der Waals surface area contributed by atoms with Crippen molar-refractivity contribution in [3.63, 3.8) is 0 Å². The zero-order chi connectivity index (χ0) is 14.0. The van der Waals surface area contributed by atoms with Crippen molar-refractivity contribution >= 4 is 28.2 Å². The van der Waals surface area contributed by atoms with E-state index < -0.39 is 0 Å². The molecule has 0 radical (unpaired) electrons. The van der Waals surface area contributed by atoms with Gasteiger partial charge in [-0.05, 0) is 26.7 Å². The van der Waals surface area contributed by atoms with Crippen LogP contribution in [-0.4, -0.2) is 41.2 Å². The molecule has 19 heavy (non-hydrogen) atoms. The Kier molecular flexibility index (Phi) is 4.26. The molecule has 1 heterocycles. The molecular weight excluding hydrogens is 264 g/mol. The fraction of sp³-hybridized carbons (Fsp3) is 0.667. The van der Waals surface area contributed by atoms with Gasteiger partial charge in [0.05, 0.1) is 6.10 Å². The SMILES string of the molecule is CCN(CC)c1nc(N)c(C(=O)NC2CC(O)C2)s1. The lowest BCUT2D eigenvalue weighted by molar-refractivity contribution is 0.0565. The van der Waals surface area contributed by atoms with Gasteiger partial charge in [0.15, 0.2) is 5.13 Å². The van der Waals surface area contributed by atoms with Gasteiger partial charge in [-0.25, -0.2) is 4.98 Å². The fourth-order valence-electron chi connectivity index (χ4n) is 2.07. The first-order valence-corrected chi connectivity index (χ1v) is 7.36. The van der Waals surface area contributed by atoms with E-state index in [1.54, 1.807) is 0 Å². The van der Waals surface area contributed by atoms with Crippen molar-refractivity contribution in [2.24, 2.45) is 0 Å². The number of nitrogens with two attached hydrogens (primary N) is 1. The molecular formula is C12H20N4O2S. The highest BCUT2D eigenvalue weighted by molar-refractivity contribution is 7.18. The second-order valence-electron chi connectivity index (χ2n) is 4.68. The molecule has 1 aromatic rings. The highest BCUT2D eigenvalue weighted by Crippen LogP contribution is 2.29. The van der Waals surface area contributed by atoms with Crippen molar-refractivity contribution in [1.29, 1.82) is 0 Å². The number of hydrogen-bond acceptors (Lipinski definition) is 6. The average Bonchev–Trinajstić information content (AvgIpc) is 2.71. The Labute approximate surface area is 116 Å². The number of nitrogen functional groups attached to an aromatic ring is 1. The predicted octanol–water partition coefficient (Wildman–Crippen LogP) is 0.825. The molecule has 1 aromatic heterocycles. The zero-order valence-corrected chi connectivity index (χ0v) is 12.0. The van der Waals surface area contributed by atoms with Crippen LogP contribution in [0.15, 0.2) is 0 Å². The smallest absolute Gasteiger partial charge is 0.265 e. The summed E-state index contributed by atoms with van der Waals surface area (Å²) in [6.45, 7) is 5.74. The molecule has 4 N–H and O–H groups in total. The minimum absolute atomic E-state index is 0.0564. The molecule has 6 nitrogen and oxygen atoms in total. The molecule has 1 amide bonds. The van der Waals surface area contributed by atoms with Gasteiger partial charge < -0.3 is 21.1 Å². The highest BCUT2D eigenvalue weighted by atomic mass is 32.1. The first kappa shape index (κ1) is 14.1.